The fourth-order valence-electron chi connectivity index (χ4n) is 1.99. The first kappa shape index (κ1) is 15.3. The summed E-state index contributed by atoms with van der Waals surface area (Å²) < 4.78 is 26.8. The summed E-state index contributed by atoms with van der Waals surface area (Å²) in [6.45, 7) is 4.92. The summed E-state index contributed by atoms with van der Waals surface area (Å²) in [5.74, 6) is 1.79. The van der Waals surface area contributed by atoms with E-state index in [1.165, 1.54) is 11.3 Å². The van der Waals surface area contributed by atoms with Gasteiger partial charge >= 0.3 is 0 Å². The summed E-state index contributed by atoms with van der Waals surface area (Å²) in [4.78, 5) is 1.42. The van der Waals surface area contributed by atoms with Crippen LogP contribution in [0.3, 0.4) is 0 Å². The maximum atomic E-state index is 12.6. The monoisotopic (exact) mass is 320 g/mol. The molecule has 1 N–H and O–H groups in total. The fraction of sp³-hybridized carbons (Fsp3) is 0.667. The van der Waals surface area contributed by atoms with Gasteiger partial charge in [0.15, 0.2) is 0 Å². The Labute approximate surface area is 123 Å². The van der Waals surface area contributed by atoms with E-state index in [-0.39, 0.29) is 0 Å². The quantitative estimate of drug-likeness (QED) is 0.814. The maximum Gasteiger partial charge on any atom is 0.244 e. The summed E-state index contributed by atoms with van der Waals surface area (Å²) in [6, 6.07) is 1.74. The first-order valence-corrected chi connectivity index (χ1v) is 9.98. The molecule has 0 amide bonds. The smallest absolute Gasteiger partial charge is 0.244 e. The van der Waals surface area contributed by atoms with Gasteiger partial charge in [-0.15, -0.1) is 11.3 Å². The predicted molar refractivity (Wildman–Crippen MR) is 82.4 cm³/mol. The third-order valence-electron chi connectivity index (χ3n) is 3.00. The normalized spacial score (nSPS) is 17.7. The molecule has 1 aromatic rings. The van der Waals surface area contributed by atoms with Crippen molar-refractivity contribution in [3.8, 4) is 0 Å². The van der Waals surface area contributed by atoms with Crippen LogP contribution in [0, 0.1) is 0 Å². The van der Waals surface area contributed by atoms with Gasteiger partial charge in [-0.05, 0) is 24.4 Å². The lowest BCUT2D eigenvalue weighted by Gasteiger charge is -2.25. The largest absolute Gasteiger partial charge is 0.312 e. The lowest BCUT2D eigenvalue weighted by atomic mass is 10.4. The molecule has 0 spiro atoms. The number of nitrogens with one attached hydrogen (secondary N) is 1. The number of thioether (sulfide) groups is 1. The molecular formula is C12H20N2O2S3. The third kappa shape index (κ3) is 3.72. The molecule has 1 aliphatic heterocycles. The lowest BCUT2D eigenvalue weighted by molar-refractivity contribution is 0.443. The van der Waals surface area contributed by atoms with E-state index in [9.17, 15) is 8.42 Å². The van der Waals surface area contributed by atoms with Crippen LogP contribution in [0.4, 0.5) is 0 Å². The van der Waals surface area contributed by atoms with Crippen molar-refractivity contribution in [3.05, 3.63) is 16.3 Å². The highest BCUT2D eigenvalue weighted by Gasteiger charge is 2.28. The molecule has 0 aliphatic carbocycles. The Morgan fingerprint density at radius 2 is 2.11 bits per heavy atom. The average molecular weight is 321 g/mol. The number of hydrogen-bond donors (Lipinski definition) is 1. The van der Waals surface area contributed by atoms with Gasteiger partial charge in [-0.3, -0.25) is 0 Å². The molecule has 0 atom stereocenters. The highest BCUT2D eigenvalue weighted by Crippen LogP contribution is 2.26. The SMILES string of the molecule is CCCNCc1sccc1S(=O)(=O)N1CCSCC1. The van der Waals surface area contributed by atoms with E-state index >= 15 is 0 Å². The van der Waals surface area contributed by atoms with Crippen LogP contribution < -0.4 is 5.32 Å². The van der Waals surface area contributed by atoms with E-state index in [4.69, 9.17) is 0 Å². The Bertz CT molecular complexity index is 493. The van der Waals surface area contributed by atoms with Crippen LogP contribution >= 0.6 is 23.1 Å². The molecule has 7 heteroatoms. The van der Waals surface area contributed by atoms with Gasteiger partial charge in [0.25, 0.3) is 0 Å². The van der Waals surface area contributed by atoms with Crippen molar-refractivity contribution in [2.45, 2.75) is 24.8 Å². The van der Waals surface area contributed by atoms with Crippen LogP contribution in [0.15, 0.2) is 16.3 Å². The van der Waals surface area contributed by atoms with E-state index in [2.05, 4.69) is 12.2 Å². The summed E-state index contributed by atoms with van der Waals surface area (Å²) in [5.41, 5.74) is 0. The lowest BCUT2D eigenvalue weighted by Crippen LogP contribution is -2.38. The Hall–Kier alpha value is -0.0800. The van der Waals surface area contributed by atoms with Gasteiger partial charge in [0.2, 0.25) is 10.0 Å². The van der Waals surface area contributed by atoms with Crippen LogP contribution in [-0.4, -0.2) is 43.9 Å². The highest BCUT2D eigenvalue weighted by molar-refractivity contribution is 7.99. The van der Waals surface area contributed by atoms with E-state index in [0.29, 0.717) is 24.5 Å². The third-order valence-corrected chi connectivity index (χ3v) is 6.98. The molecule has 19 heavy (non-hydrogen) atoms. The second kappa shape index (κ2) is 7.08. The second-order valence-electron chi connectivity index (χ2n) is 4.40. The van der Waals surface area contributed by atoms with Crippen LogP contribution in [0.1, 0.15) is 18.2 Å². The van der Waals surface area contributed by atoms with Crippen LogP contribution in [0.25, 0.3) is 0 Å². The molecule has 1 saturated heterocycles. The number of rotatable bonds is 6. The molecule has 2 rings (SSSR count). The molecule has 0 aromatic carbocycles. The van der Waals surface area contributed by atoms with E-state index in [1.54, 1.807) is 10.4 Å². The molecule has 4 nitrogen and oxygen atoms in total. The number of thiophene rings is 1. The van der Waals surface area contributed by atoms with Crippen molar-refractivity contribution in [2.75, 3.05) is 31.1 Å². The number of sulfonamides is 1. The van der Waals surface area contributed by atoms with Crippen molar-refractivity contribution >= 4 is 33.1 Å². The maximum absolute atomic E-state index is 12.6. The Kier molecular flexibility index (Phi) is 5.70. The van der Waals surface area contributed by atoms with Gasteiger partial charge in [-0.2, -0.15) is 16.1 Å². The fourth-order valence-corrected chi connectivity index (χ4v) is 5.95. The van der Waals surface area contributed by atoms with Gasteiger partial charge in [0, 0.05) is 36.0 Å². The minimum Gasteiger partial charge on any atom is -0.312 e. The van der Waals surface area contributed by atoms with Crippen molar-refractivity contribution in [3.63, 3.8) is 0 Å². The Morgan fingerprint density at radius 1 is 1.37 bits per heavy atom. The summed E-state index contributed by atoms with van der Waals surface area (Å²) in [5, 5.41) is 5.15. The van der Waals surface area contributed by atoms with E-state index in [1.807, 2.05) is 17.1 Å². The van der Waals surface area contributed by atoms with E-state index < -0.39 is 10.0 Å². The van der Waals surface area contributed by atoms with Gasteiger partial charge in [-0.25, -0.2) is 8.42 Å². The number of hydrogen-bond acceptors (Lipinski definition) is 5. The minimum absolute atomic E-state index is 0.494. The first-order valence-electron chi connectivity index (χ1n) is 6.51. The molecule has 1 fully saturated rings. The Balaban J connectivity index is 2.13. The zero-order chi connectivity index (χ0) is 13.7. The van der Waals surface area contributed by atoms with Crippen LogP contribution in [-0.2, 0) is 16.6 Å². The molecule has 0 radical (unpaired) electrons. The van der Waals surface area contributed by atoms with Crippen molar-refractivity contribution in [2.24, 2.45) is 0 Å². The summed E-state index contributed by atoms with van der Waals surface area (Å²) in [6.07, 6.45) is 1.05. The van der Waals surface area contributed by atoms with Gasteiger partial charge in [0.05, 0.1) is 4.90 Å². The standard InChI is InChI=1S/C12H20N2O2S3/c1-2-4-13-10-11-12(3-7-18-11)19(15,16)14-5-8-17-9-6-14/h3,7,13H,2,4-6,8-10H2,1H3. The first-order chi connectivity index (χ1) is 9.16. The molecule has 1 aromatic heterocycles. The van der Waals surface area contributed by atoms with Crippen LogP contribution in [0.2, 0.25) is 0 Å². The summed E-state index contributed by atoms with van der Waals surface area (Å²) >= 11 is 3.33. The highest BCUT2D eigenvalue weighted by atomic mass is 32.2. The molecule has 0 unspecified atom stereocenters. The van der Waals surface area contributed by atoms with Crippen molar-refractivity contribution in [1.29, 1.82) is 0 Å². The molecular weight excluding hydrogens is 300 g/mol. The number of nitrogens with zero attached hydrogens (tertiary/aromatic N) is 1. The predicted octanol–water partition coefficient (Wildman–Crippen LogP) is 1.99. The zero-order valence-electron chi connectivity index (χ0n) is 11.1. The molecule has 108 valence electrons. The molecule has 2 heterocycles. The average Bonchev–Trinajstić information content (AvgIpc) is 2.89. The zero-order valence-corrected chi connectivity index (χ0v) is 13.5. The second-order valence-corrected chi connectivity index (χ2v) is 8.53. The minimum atomic E-state index is -3.30. The van der Waals surface area contributed by atoms with Gasteiger partial charge in [-0.1, -0.05) is 6.92 Å². The van der Waals surface area contributed by atoms with Crippen LogP contribution in [0.5, 0.6) is 0 Å². The van der Waals surface area contributed by atoms with Gasteiger partial charge < -0.3 is 5.32 Å². The Morgan fingerprint density at radius 3 is 2.79 bits per heavy atom. The van der Waals surface area contributed by atoms with Crippen molar-refractivity contribution in [1.82, 2.24) is 9.62 Å². The van der Waals surface area contributed by atoms with Crippen molar-refractivity contribution < 1.29 is 8.42 Å². The molecule has 0 bridgehead atoms. The summed E-state index contributed by atoms with van der Waals surface area (Å²) in [7, 11) is -3.30. The topological polar surface area (TPSA) is 49.4 Å². The molecule has 1 aliphatic rings. The van der Waals surface area contributed by atoms with E-state index in [0.717, 1.165) is 29.3 Å². The van der Waals surface area contributed by atoms with Gasteiger partial charge in [0.1, 0.15) is 0 Å². The molecule has 0 saturated carbocycles.